The highest BCUT2D eigenvalue weighted by Crippen LogP contribution is 2.39. The number of hydrogen-bond donors (Lipinski definition) is 1. The van der Waals surface area contributed by atoms with Crippen molar-refractivity contribution in [1.82, 2.24) is 24.9 Å². The van der Waals surface area contributed by atoms with Crippen molar-refractivity contribution in [2.75, 3.05) is 19.0 Å². The zero-order valence-electron chi connectivity index (χ0n) is 17.4. The number of halogens is 2. The van der Waals surface area contributed by atoms with Gasteiger partial charge in [-0.3, -0.25) is 4.90 Å². The van der Waals surface area contributed by atoms with Gasteiger partial charge in [0, 0.05) is 30.8 Å². The summed E-state index contributed by atoms with van der Waals surface area (Å²) in [6, 6.07) is 8.60. The molecule has 2 fully saturated rings. The van der Waals surface area contributed by atoms with Gasteiger partial charge in [-0.25, -0.2) is 13.5 Å². The van der Waals surface area contributed by atoms with Gasteiger partial charge in [0.05, 0.1) is 29.8 Å². The molecule has 4 atom stereocenters. The third kappa shape index (κ3) is 3.42. The topological polar surface area (TPSA) is 70.3 Å². The molecule has 0 aliphatic carbocycles. The Morgan fingerprint density at radius 3 is 2.68 bits per heavy atom. The molecular formula is C22H24F2N6O. The van der Waals surface area contributed by atoms with Crippen LogP contribution in [0.2, 0.25) is 0 Å². The lowest BCUT2D eigenvalue weighted by molar-refractivity contribution is 0.0701. The van der Waals surface area contributed by atoms with Gasteiger partial charge >= 0.3 is 0 Å². The van der Waals surface area contributed by atoms with E-state index in [9.17, 15) is 9.50 Å². The van der Waals surface area contributed by atoms with Crippen LogP contribution in [0.3, 0.4) is 0 Å². The molecule has 9 heteroatoms. The van der Waals surface area contributed by atoms with Crippen molar-refractivity contribution in [1.29, 1.82) is 0 Å². The summed E-state index contributed by atoms with van der Waals surface area (Å²) in [4.78, 5) is 4.06. The molecule has 0 saturated carbocycles. The summed E-state index contributed by atoms with van der Waals surface area (Å²) in [7, 11) is 3.88. The van der Waals surface area contributed by atoms with E-state index in [2.05, 4.69) is 20.2 Å². The minimum Gasteiger partial charge on any atom is -0.507 e. The van der Waals surface area contributed by atoms with Gasteiger partial charge in [0.2, 0.25) is 0 Å². The van der Waals surface area contributed by atoms with E-state index < -0.39 is 12.0 Å². The number of aromatic hydroxyl groups is 1. The maximum absolute atomic E-state index is 15.1. The van der Waals surface area contributed by atoms with E-state index in [4.69, 9.17) is 0 Å². The number of benzene rings is 1. The fourth-order valence-electron chi connectivity index (χ4n) is 4.89. The van der Waals surface area contributed by atoms with Crippen LogP contribution in [0.25, 0.3) is 16.9 Å². The zero-order valence-corrected chi connectivity index (χ0v) is 17.4. The van der Waals surface area contributed by atoms with Crippen LogP contribution in [0, 0.1) is 5.82 Å². The van der Waals surface area contributed by atoms with Gasteiger partial charge in [-0.1, -0.05) is 0 Å². The van der Waals surface area contributed by atoms with E-state index >= 15 is 4.39 Å². The summed E-state index contributed by atoms with van der Waals surface area (Å²) in [5.41, 5.74) is 1.52. The number of aromatic nitrogens is 4. The number of hydrogen-bond acceptors (Lipinski definition) is 6. The summed E-state index contributed by atoms with van der Waals surface area (Å²) in [5.74, 6) is 0.130. The monoisotopic (exact) mass is 426 g/mol. The molecule has 0 radical (unpaired) electrons. The van der Waals surface area contributed by atoms with Gasteiger partial charge in [-0.15, -0.1) is 10.2 Å². The van der Waals surface area contributed by atoms with Crippen molar-refractivity contribution >= 4 is 5.82 Å². The summed E-state index contributed by atoms with van der Waals surface area (Å²) in [6.45, 7) is 0. The van der Waals surface area contributed by atoms with Gasteiger partial charge in [-0.05, 0) is 50.6 Å². The quantitative estimate of drug-likeness (QED) is 0.691. The van der Waals surface area contributed by atoms with E-state index in [0.717, 1.165) is 25.5 Å². The van der Waals surface area contributed by atoms with Gasteiger partial charge in [0.25, 0.3) is 0 Å². The Kier molecular flexibility index (Phi) is 4.85. The molecule has 5 rings (SSSR count). The summed E-state index contributed by atoms with van der Waals surface area (Å²) in [5, 5.41) is 22.9. The molecule has 1 N–H and O–H groups in total. The Balaban J connectivity index is 1.35. The van der Waals surface area contributed by atoms with Crippen molar-refractivity contribution in [2.24, 2.45) is 0 Å². The molecule has 1 aromatic carbocycles. The Morgan fingerprint density at radius 1 is 1.16 bits per heavy atom. The summed E-state index contributed by atoms with van der Waals surface area (Å²) < 4.78 is 29.6. The van der Waals surface area contributed by atoms with Crippen molar-refractivity contribution in [2.45, 2.75) is 43.6 Å². The second-order valence-electron chi connectivity index (χ2n) is 8.40. The first-order valence-electron chi connectivity index (χ1n) is 10.4. The minimum absolute atomic E-state index is 0.0143. The first-order chi connectivity index (χ1) is 14.9. The Morgan fingerprint density at radius 2 is 2.00 bits per heavy atom. The molecular weight excluding hydrogens is 402 g/mol. The predicted molar refractivity (Wildman–Crippen MR) is 112 cm³/mol. The lowest BCUT2D eigenvalue weighted by Gasteiger charge is -2.43. The van der Waals surface area contributed by atoms with E-state index in [-0.39, 0.29) is 17.8 Å². The highest BCUT2D eigenvalue weighted by Gasteiger charge is 2.47. The first-order valence-corrected chi connectivity index (χ1v) is 10.4. The number of alkyl halides is 1. The second-order valence-corrected chi connectivity index (χ2v) is 8.40. The molecule has 0 amide bonds. The second kappa shape index (κ2) is 7.56. The maximum atomic E-state index is 15.1. The average molecular weight is 426 g/mol. The normalized spacial score (nSPS) is 25.7. The van der Waals surface area contributed by atoms with E-state index in [1.165, 1.54) is 16.9 Å². The Hall–Kier alpha value is -3.07. The fraction of sp³-hybridized carbons (Fsp3) is 0.409. The molecule has 162 valence electrons. The molecule has 2 bridgehead atoms. The summed E-state index contributed by atoms with van der Waals surface area (Å²) >= 11 is 0. The number of anilines is 1. The van der Waals surface area contributed by atoms with Crippen molar-refractivity contribution < 1.29 is 13.9 Å². The smallest absolute Gasteiger partial charge is 0.161 e. The SMILES string of the molecule is CN1C2CCC1[C@@H](F)[C@@H](N(C)c1ccc(-c3ccc(-n4cc(F)cn4)cc3O)nn1)C2. The fourth-order valence-corrected chi connectivity index (χ4v) is 4.89. The molecule has 2 aromatic heterocycles. The largest absolute Gasteiger partial charge is 0.507 e. The molecule has 2 saturated heterocycles. The maximum Gasteiger partial charge on any atom is 0.161 e. The van der Waals surface area contributed by atoms with Crippen molar-refractivity contribution in [3.63, 3.8) is 0 Å². The van der Waals surface area contributed by atoms with Crippen LogP contribution < -0.4 is 4.90 Å². The molecule has 0 spiro atoms. The number of nitrogens with zero attached hydrogens (tertiary/aromatic N) is 6. The number of fused-ring (bicyclic) bond motifs is 2. The summed E-state index contributed by atoms with van der Waals surface area (Å²) in [6.07, 6.45) is 4.10. The van der Waals surface area contributed by atoms with Crippen LogP contribution in [0.5, 0.6) is 5.75 Å². The van der Waals surface area contributed by atoms with Crippen LogP contribution >= 0.6 is 0 Å². The first kappa shape index (κ1) is 19.9. The molecule has 7 nitrogen and oxygen atoms in total. The minimum atomic E-state index is -0.932. The number of phenolic OH excluding ortho intramolecular Hbond substituents is 1. The third-order valence-electron chi connectivity index (χ3n) is 6.73. The molecule has 31 heavy (non-hydrogen) atoms. The predicted octanol–water partition coefficient (Wildman–Crippen LogP) is 3.18. The van der Waals surface area contributed by atoms with Crippen LogP contribution in [0.15, 0.2) is 42.7 Å². The van der Waals surface area contributed by atoms with Crippen LogP contribution in [-0.4, -0.2) is 68.4 Å². The standard InChI is InChI=1S/C22H24F2N6O/c1-28-14-4-7-18(28)22(24)19(9-14)29(2)21-8-6-17(26-27-21)16-5-3-15(10-20(16)31)30-12-13(23)11-25-30/h3,5-6,8,10-12,14,18-19,22,31H,4,7,9H2,1-2H3/t14?,18?,19-,22+/m0/s1. The van der Waals surface area contributed by atoms with Gasteiger partial charge in [-0.2, -0.15) is 5.10 Å². The lowest BCUT2D eigenvalue weighted by Crippen LogP contribution is -2.56. The van der Waals surface area contributed by atoms with Crippen LogP contribution in [0.4, 0.5) is 14.6 Å². The Labute approximate surface area is 178 Å². The van der Waals surface area contributed by atoms with Crippen molar-refractivity contribution in [3.8, 4) is 22.7 Å². The van der Waals surface area contributed by atoms with Crippen LogP contribution in [0.1, 0.15) is 19.3 Å². The van der Waals surface area contributed by atoms with Gasteiger partial charge in [0.15, 0.2) is 11.6 Å². The zero-order chi connectivity index (χ0) is 21.7. The lowest BCUT2D eigenvalue weighted by atomic mass is 9.95. The van der Waals surface area contributed by atoms with Gasteiger partial charge < -0.3 is 10.0 Å². The molecule has 2 aliphatic rings. The number of phenols is 1. The van der Waals surface area contributed by atoms with E-state index in [1.54, 1.807) is 24.3 Å². The van der Waals surface area contributed by atoms with E-state index in [0.29, 0.717) is 28.8 Å². The van der Waals surface area contributed by atoms with E-state index in [1.807, 2.05) is 19.0 Å². The van der Waals surface area contributed by atoms with Crippen LogP contribution in [-0.2, 0) is 0 Å². The molecule has 2 unspecified atom stereocenters. The number of piperidine rings is 1. The molecule has 2 aliphatic heterocycles. The molecule has 4 heterocycles. The average Bonchev–Trinajstić information content (AvgIpc) is 3.31. The number of rotatable bonds is 4. The van der Waals surface area contributed by atoms with Crippen molar-refractivity contribution in [3.05, 3.63) is 48.5 Å². The molecule has 3 aromatic rings. The third-order valence-corrected chi connectivity index (χ3v) is 6.73. The highest BCUT2D eigenvalue weighted by molar-refractivity contribution is 5.69. The van der Waals surface area contributed by atoms with Gasteiger partial charge in [0.1, 0.15) is 11.9 Å². The Bertz CT molecular complexity index is 1090. The highest BCUT2D eigenvalue weighted by atomic mass is 19.1.